The first-order chi connectivity index (χ1) is 11.7. The quantitative estimate of drug-likeness (QED) is 0.502. The van der Waals surface area contributed by atoms with Crippen molar-refractivity contribution in [3.8, 4) is 0 Å². The highest BCUT2D eigenvalue weighted by Gasteiger charge is 2.34. The molecule has 1 aliphatic rings. The molecule has 1 aromatic carbocycles. The summed E-state index contributed by atoms with van der Waals surface area (Å²) in [6.45, 7) is 8.24. The van der Waals surface area contributed by atoms with Crippen LogP contribution in [0.1, 0.15) is 30.9 Å². The van der Waals surface area contributed by atoms with Crippen LogP contribution in [-0.2, 0) is 11.2 Å². The fraction of sp³-hybridized carbons (Fsp3) is 0.632. The van der Waals surface area contributed by atoms with E-state index in [9.17, 15) is 5.11 Å². The summed E-state index contributed by atoms with van der Waals surface area (Å²) in [7, 11) is 0. The number of aliphatic hydroxyl groups excluding tert-OH is 1. The zero-order chi connectivity index (χ0) is 17.3. The topological polar surface area (TPSA) is 65.9 Å². The van der Waals surface area contributed by atoms with Crippen LogP contribution in [0.5, 0.6) is 0 Å². The number of aliphatic hydroxyl groups is 1. The maximum Gasteiger partial charge on any atom is 0.191 e. The van der Waals surface area contributed by atoms with E-state index < -0.39 is 0 Å². The van der Waals surface area contributed by atoms with Crippen molar-refractivity contribution < 1.29 is 9.84 Å². The van der Waals surface area contributed by atoms with Crippen LogP contribution in [0.3, 0.4) is 0 Å². The lowest BCUT2D eigenvalue weighted by molar-refractivity contribution is 0.131. The molecule has 1 fully saturated rings. The third kappa shape index (κ3) is 5.49. The SMILES string of the molecule is CCNC(=NCC1(CCO)CCOC1)NCCc1ccccc1C. The summed E-state index contributed by atoms with van der Waals surface area (Å²) in [6, 6.07) is 8.48. The van der Waals surface area contributed by atoms with Crippen molar-refractivity contribution in [2.75, 3.05) is 39.5 Å². The summed E-state index contributed by atoms with van der Waals surface area (Å²) in [5, 5.41) is 16.0. The maximum absolute atomic E-state index is 9.32. The van der Waals surface area contributed by atoms with Crippen molar-refractivity contribution in [1.29, 1.82) is 0 Å². The van der Waals surface area contributed by atoms with Crippen molar-refractivity contribution in [3.63, 3.8) is 0 Å². The van der Waals surface area contributed by atoms with Gasteiger partial charge in [0.2, 0.25) is 0 Å². The molecule has 24 heavy (non-hydrogen) atoms. The van der Waals surface area contributed by atoms with Crippen molar-refractivity contribution in [2.24, 2.45) is 10.4 Å². The van der Waals surface area contributed by atoms with Crippen molar-refractivity contribution in [3.05, 3.63) is 35.4 Å². The highest BCUT2D eigenvalue weighted by molar-refractivity contribution is 5.79. The van der Waals surface area contributed by atoms with E-state index in [2.05, 4.69) is 48.7 Å². The first-order valence-electron chi connectivity index (χ1n) is 8.94. The molecule has 0 amide bonds. The minimum Gasteiger partial charge on any atom is -0.396 e. The second-order valence-electron chi connectivity index (χ2n) is 6.57. The minimum atomic E-state index is -0.00683. The fourth-order valence-corrected chi connectivity index (χ4v) is 3.08. The molecular weight excluding hydrogens is 302 g/mol. The van der Waals surface area contributed by atoms with Gasteiger partial charge in [-0.05, 0) is 44.2 Å². The second-order valence-corrected chi connectivity index (χ2v) is 6.57. The molecule has 1 saturated heterocycles. The van der Waals surface area contributed by atoms with Gasteiger partial charge in [0.05, 0.1) is 13.2 Å². The molecule has 1 atom stereocenters. The summed E-state index contributed by atoms with van der Waals surface area (Å²) in [6.07, 6.45) is 2.70. The van der Waals surface area contributed by atoms with Gasteiger partial charge in [0.25, 0.3) is 0 Å². The lowest BCUT2D eigenvalue weighted by Gasteiger charge is -2.24. The van der Waals surface area contributed by atoms with Gasteiger partial charge in [0.15, 0.2) is 5.96 Å². The first kappa shape index (κ1) is 18.7. The molecule has 2 rings (SSSR count). The molecule has 0 radical (unpaired) electrons. The van der Waals surface area contributed by atoms with Gasteiger partial charge in [-0.3, -0.25) is 4.99 Å². The minimum absolute atomic E-state index is 0.00683. The van der Waals surface area contributed by atoms with Gasteiger partial charge in [-0.1, -0.05) is 24.3 Å². The van der Waals surface area contributed by atoms with Gasteiger partial charge >= 0.3 is 0 Å². The number of aliphatic imine (C=N–C) groups is 1. The van der Waals surface area contributed by atoms with Gasteiger partial charge in [-0.15, -0.1) is 0 Å². The van der Waals surface area contributed by atoms with E-state index in [1.54, 1.807) is 0 Å². The number of hydrogen-bond acceptors (Lipinski definition) is 3. The summed E-state index contributed by atoms with van der Waals surface area (Å²) < 4.78 is 5.54. The lowest BCUT2D eigenvalue weighted by atomic mass is 9.84. The van der Waals surface area contributed by atoms with E-state index in [1.165, 1.54) is 11.1 Å². The Hall–Kier alpha value is -1.59. The molecule has 1 aromatic rings. The molecule has 5 heteroatoms. The van der Waals surface area contributed by atoms with Crippen LogP contribution in [0.15, 0.2) is 29.3 Å². The van der Waals surface area contributed by atoms with Crippen LogP contribution in [0.2, 0.25) is 0 Å². The molecule has 3 N–H and O–H groups in total. The smallest absolute Gasteiger partial charge is 0.191 e. The average molecular weight is 333 g/mol. The molecule has 5 nitrogen and oxygen atoms in total. The van der Waals surface area contributed by atoms with Crippen molar-refractivity contribution in [1.82, 2.24) is 10.6 Å². The van der Waals surface area contributed by atoms with E-state index in [0.717, 1.165) is 44.9 Å². The number of rotatable bonds is 8. The zero-order valence-corrected chi connectivity index (χ0v) is 15.0. The molecule has 0 bridgehead atoms. The molecule has 1 unspecified atom stereocenters. The number of guanidine groups is 1. The van der Waals surface area contributed by atoms with Crippen LogP contribution in [0.25, 0.3) is 0 Å². The van der Waals surface area contributed by atoms with E-state index >= 15 is 0 Å². The third-order valence-electron chi connectivity index (χ3n) is 4.69. The van der Waals surface area contributed by atoms with Gasteiger partial charge in [-0.2, -0.15) is 0 Å². The molecular formula is C19H31N3O2. The van der Waals surface area contributed by atoms with Gasteiger partial charge in [0, 0.05) is 31.7 Å². The number of nitrogens with one attached hydrogen (secondary N) is 2. The van der Waals surface area contributed by atoms with Gasteiger partial charge in [-0.25, -0.2) is 0 Å². The summed E-state index contributed by atoms with van der Waals surface area (Å²) in [4.78, 5) is 4.74. The predicted molar refractivity (Wildman–Crippen MR) is 98.4 cm³/mol. The van der Waals surface area contributed by atoms with Crippen molar-refractivity contribution >= 4 is 5.96 Å². The number of nitrogens with zero attached hydrogens (tertiary/aromatic N) is 1. The Morgan fingerprint density at radius 3 is 2.83 bits per heavy atom. The third-order valence-corrected chi connectivity index (χ3v) is 4.69. The van der Waals surface area contributed by atoms with Crippen molar-refractivity contribution in [2.45, 2.75) is 33.1 Å². The Morgan fingerprint density at radius 2 is 2.17 bits per heavy atom. The summed E-state index contributed by atoms with van der Waals surface area (Å²) in [5.74, 6) is 0.843. The molecule has 134 valence electrons. The zero-order valence-electron chi connectivity index (χ0n) is 15.0. The fourth-order valence-electron chi connectivity index (χ4n) is 3.08. The van der Waals surface area contributed by atoms with E-state index in [4.69, 9.17) is 9.73 Å². The molecule has 1 heterocycles. The standard InChI is InChI=1S/C19H31N3O2/c1-3-20-18(21-11-8-17-7-5-4-6-16(17)2)22-14-19(9-12-23)10-13-24-15-19/h4-7,23H,3,8-15H2,1-2H3,(H2,20,21,22). The summed E-state index contributed by atoms with van der Waals surface area (Å²) >= 11 is 0. The van der Waals surface area contributed by atoms with E-state index in [-0.39, 0.29) is 12.0 Å². The molecule has 0 saturated carbocycles. The molecule has 0 aromatic heterocycles. The lowest BCUT2D eigenvalue weighted by Crippen LogP contribution is -2.39. The summed E-state index contributed by atoms with van der Waals surface area (Å²) in [5.41, 5.74) is 2.68. The van der Waals surface area contributed by atoms with Crippen LogP contribution in [-0.4, -0.2) is 50.5 Å². The Morgan fingerprint density at radius 1 is 1.33 bits per heavy atom. The van der Waals surface area contributed by atoms with Gasteiger partial charge < -0.3 is 20.5 Å². The van der Waals surface area contributed by atoms with Gasteiger partial charge in [0.1, 0.15) is 0 Å². The van der Waals surface area contributed by atoms with Crippen LogP contribution in [0, 0.1) is 12.3 Å². The normalized spacial score (nSPS) is 21.0. The Bertz CT molecular complexity index is 525. The molecule has 0 spiro atoms. The number of ether oxygens (including phenoxy) is 1. The highest BCUT2D eigenvalue weighted by atomic mass is 16.5. The van der Waals surface area contributed by atoms with Crippen LogP contribution < -0.4 is 10.6 Å². The van der Waals surface area contributed by atoms with E-state index in [1.807, 2.05) is 0 Å². The average Bonchev–Trinajstić information content (AvgIpc) is 3.04. The second kappa shape index (κ2) is 9.64. The maximum atomic E-state index is 9.32. The van der Waals surface area contributed by atoms with E-state index in [0.29, 0.717) is 13.2 Å². The first-order valence-corrected chi connectivity index (χ1v) is 8.94. The van der Waals surface area contributed by atoms with Crippen LogP contribution in [0.4, 0.5) is 0 Å². The highest BCUT2D eigenvalue weighted by Crippen LogP contribution is 2.32. The Balaban J connectivity index is 1.89. The molecule has 1 aliphatic heterocycles. The predicted octanol–water partition coefficient (Wildman–Crippen LogP) is 1.88. The Labute approximate surface area is 145 Å². The Kier molecular flexibility index (Phi) is 7.53. The number of benzene rings is 1. The number of aryl methyl sites for hydroxylation is 1. The van der Waals surface area contributed by atoms with Crippen LogP contribution >= 0.6 is 0 Å². The molecule has 0 aliphatic carbocycles. The largest absolute Gasteiger partial charge is 0.396 e. The monoisotopic (exact) mass is 333 g/mol. The number of hydrogen-bond donors (Lipinski definition) is 3.